The number of ether oxygens (including phenoxy) is 1. The van der Waals surface area contributed by atoms with Gasteiger partial charge < -0.3 is 9.84 Å². The lowest BCUT2D eigenvalue weighted by molar-refractivity contribution is 0.0696. The second kappa shape index (κ2) is 5.95. The quantitative estimate of drug-likeness (QED) is 0.916. The summed E-state index contributed by atoms with van der Waals surface area (Å²) in [6.45, 7) is 0.248. The Bertz CT molecular complexity index is 591. The van der Waals surface area contributed by atoms with Crippen molar-refractivity contribution in [3.8, 4) is 5.75 Å². The topological polar surface area (TPSA) is 46.5 Å². The third-order valence-electron chi connectivity index (χ3n) is 2.42. The van der Waals surface area contributed by atoms with Gasteiger partial charge in [-0.1, -0.05) is 35.3 Å². The minimum Gasteiger partial charge on any atom is -0.489 e. The molecule has 0 fully saturated rings. The molecule has 0 amide bonds. The van der Waals surface area contributed by atoms with Gasteiger partial charge in [-0.05, 0) is 35.9 Å². The van der Waals surface area contributed by atoms with Crippen molar-refractivity contribution in [2.75, 3.05) is 0 Å². The highest BCUT2D eigenvalue weighted by molar-refractivity contribution is 6.34. The van der Waals surface area contributed by atoms with E-state index in [1.54, 1.807) is 36.4 Å². The number of rotatable bonds is 4. The van der Waals surface area contributed by atoms with Crippen molar-refractivity contribution < 1.29 is 14.6 Å². The van der Waals surface area contributed by atoms with E-state index >= 15 is 0 Å². The molecule has 0 saturated heterocycles. The molecule has 0 unspecified atom stereocenters. The summed E-state index contributed by atoms with van der Waals surface area (Å²) in [5.41, 5.74) is 0.987. The minimum absolute atomic E-state index is 0.227. The molecule has 2 rings (SSSR count). The van der Waals surface area contributed by atoms with Crippen LogP contribution in [0.3, 0.4) is 0 Å². The van der Waals surface area contributed by atoms with E-state index in [0.29, 0.717) is 15.8 Å². The summed E-state index contributed by atoms with van der Waals surface area (Å²) in [4.78, 5) is 10.8. The third kappa shape index (κ3) is 3.88. The zero-order valence-corrected chi connectivity index (χ0v) is 11.3. The third-order valence-corrected chi connectivity index (χ3v) is 2.85. The molecule has 0 saturated carbocycles. The molecular weight excluding hydrogens is 287 g/mol. The number of carboxylic acids is 1. The van der Waals surface area contributed by atoms with Gasteiger partial charge in [-0.2, -0.15) is 0 Å². The second-order valence-corrected chi connectivity index (χ2v) is 4.77. The van der Waals surface area contributed by atoms with Crippen molar-refractivity contribution >= 4 is 29.2 Å². The first-order valence-corrected chi connectivity index (χ1v) is 6.21. The SMILES string of the molecule is O=C(O)c1cccc(COc2cc(Cl)cc(Cl)c2)c1. The Kier molecular flexibility index (Phi) is 4.30. The normalized spacial score (nSPS) is 10.2. The van der Waals surface area contributed by atoms with Crippen LogP contribution in [-0.2, 0) is 6.61 Å². The smallest absolute Gasteiger partial charge is 0.335 e. The molecule has 0 bridgehead atoms. The first kappa shape index (κ1) is 13.7. The van der Waals surface area contributed by atoms with Gasteiger partial charge in [0, 0.05) is 10.0 Å². The number of carboxylic acid groups (broad SMARTS) is 1. The highest BCUT2D eigenvalue weighted by atomic mass is 35.5. The molecule has 0 aliphatic carbocycles. The van der Waals surface area contributed by atoms with E-state index in [1.807, 2.05) is 0 Å². The number of halogens is 2. The fourth-order valence-electron chi connectivity index (χ4n) is 1.57. The van der Waals surface area contributed by atoms with Crippen LogP contribution in [0.1, 0.15) is 15.9 Å². The van der Waals surface area contributed by atoms with Crippen molar-refractivity contribution in [3.63, 3.8) is 0 Å². The van der Waals surface area contributed by atoms with Crippen molar-refractivity contribution in [2.24, 2.45) is 0 Å². The Labute approximate surface area is 120 Å². The summed E-state index contributed by atoms with van der Waals surface area (Å²) in [6, 6.07) is 11.5. The molecule has 19 heavy (non-hydrogen) atoms. The van der Waals surface area contributed by atoms with E-state index in [1.165, 1.54) is 6.07 Å². The van der Waals surface area contributed by atoms with Gasteiger partial charge in [-0.3, -0.25) is 0 Å². The fourth-order valence-corrected chi connectivity index (χ4v) is 2.08. The lowest BCUT2D eigenvalue weighted by Gasteiger charge is -2.07. The largest absolute Gasteiger partial charge is 0.489 e. The average Bonchev–Trinajstić information content (AvgIpc) is 2.35. The van der Waals surface area contributed by atoms with Gasteiger partial charge in [-0.15, -0.1) is 0 Å². The molecule has 3 nitrogen and oxygen atoms in total. The first-order chi connectivity index (χ1) is 9.04. The van der Waals surface area contributed by atoms with E-state index in [4.69, 9.17) is 33.0 Å². The number of carbonyl (C=O) groups is 1. The standard InChI is InChI=1S/C14H10Cl2O3/c15-11-5-12(16)7-13(6-11)19-8-9-2-1-3-10(4-9)14(17)18/h1-7H,8H2,(H,17,18). The molecule has 0 atom stereocenters. The molecule has 2 aromatic carbocycles. The van der Waals surface area contributed by atoms with Gasteiger partial charge in [-0.25, -0.2) is 4.79 Å². The Hall–Kier alpha value is -1.71. The van der Waals surface area contributed by atoms with Gasteiger partial charge in [0.1, 0.15) is 12.4 Å². The summed E-state index contributed by atoms with van der Waals surface area (Å²) in [7, 11) is 0. The Morgan fingerprint density at radius 3 is 2.42 bits per heavy atom. The number of aromatic carboxylic acids is 1. The highest BCUT2D eigenvalue weighted by Crippen LogP contribution is 2.24. The zero-order valence-electron chi connectivity index (χ0n) is 9.77. The van der Waals surface area contributed by atoms with E-state index in [2.05, 4.69) is 0 Å². The maximum atomic E-state index is 10.8. The fraction of sp³-hybridized carbons (Fsp3) is 0.0714. The lowest BCUT2D eigenvalue weighted by Crippen LogP contribution is -2.00. The molecule has 0 spiro atoms. The van der Waals surface area contributed by atoms with Crippen LogP contribution in [0.2, 0.25) is 10.0 Å². The van der Waals surface area contributed by atoms with Crippen molar-refractivity contribution in [1.82, 2.24) is 0 Å². The predicted octanol–water partition coefficient (Wildman–Crippen LogP) is 4.27. The second-order valence-electron chi connectivity index (χ2n) is 3.90. The molecule has 98 valence electrons. The zero-order chi connectivity index (χ0) is 13.8. The van der Waals surface area contributed by atoms with Gasteiger partial charge in [0.2, 0.25) is 0 Å². The molecular formula is C14H10Cl2O3. The van der Waals surface area contributed by atoms with E-state index < -0.39 is 5.97 Å². The van der Waals surface area contributed by atoms with Gasteiger partial charge in [0.15, 0.2) is 0 Å². The molecule has 0 aliphatic rings. The van der Waals surface area contributed by atoms with Crippen LogP contribution in [0.4, 0.5) is 0 Å². The Balaban J connectivity index is 2.10. The maximum absolute atomic E-state index is 10.8. The lowest BCUT2D eigenvalue weighted by atomic mass is 10.1. The van der Waals surface area contributed by atoms with Crippen molar-refractivity contribution in [1.29, 1.82) is 0 Å². The van der Waals surface area contributed by atoms with Crippen LogP contribution in [0.25, 0.3) is 0 Å². The number of hydrogen-bond donors (Lipinski definition) is 1. The first-order valence-electron chi connectivity index (χ1n) is 5.46. The van der Waals surface area contributed by atoms with Gasteiger partial charge in [0.25, 0.3) is 0 Å². The molecule has 2 aromatic rings. The molecule has 0 radical (unpaired) electrons. The number of benzene rings is 2. The minimum atomic E-state index is -0.965. The van der Waals surface area contributed by atoms with Crippen LogP contribution in [0.15, 0.2) is 42.5 Å². The summed E-state index contributed by atoms with van der Waals surface area (Å²) in [5, 5.41) is 9.87. The van der Waals surface area contributed by atoms with Crippen molar-refractivity contribution in [3.05, 3.63) is 63.6 Å². The molecule has 0 aromatic heterocycles. The Morgan fingerprint density at radius 1 is 1.11 bits per heavy atom. The van der Waals surface area contributed by atoms with E-state index in [0.717, 1.165) is 5.56 Å². The molecule has 1 N–H and O–H groups in total. The maximum Gasteiger partial charge on any atom is 0.335 e. The summed E-state index contributed by atoms with van der Waals surface area (Å²) in [5.74, 6) is -0.425. The predicted molar refractivity (Wildman–Crippen MR) is 74.2 cm³/mol. The molecule has 0 aliphatic heterocycles. The van der Waals surface area contributed by atoms with Crippen LogP contribution in [0, 0.1) is 0 Å². The molecule has 5 heteroatoms. The van der Waals surface area contributed by atoms with Crippen LogP contribution >= 0.6 is 23.2 Å². The van der Waals surface area contributed by atoms with Crippen LogP contribution in [0.5, 0.6) is 5.75 Å². The monoisotopic (exact) mass is 296 g/mol. The summed E-state index contributed by atoms with van der Waals surface area (Å²) >= 11 is 11.7. The average molecular weight is 297 g/mol. The van der Waals surface area contributed by atoms with Gasteiger partial charge in [0.05, 0.1) is 5.56 Å². The Morgan fingerprint density at radius 2 is 1.79 bits per heavy atom. The van der Waals surface area contributed by atoms with Crippen molar-refractivity contribution in [2.45, 2.75) is 6.61 Å². The highest BCUT2D eigenvalue weighted by Gasteiger charge is 2.04. The number of hydrogen-bond acceptors (Lipinski definition) is 2. The van der Waals surface area contributed by atoms with Gasteiger partial charge >= 0.3 is 5.97 Å². The summed E-state index contributed by atoms with van der Waals surface area (Å²) in [6.07, 6.45) is 0. The summed E-state index contributed by atoms with van der Waals surface area (Å²) < 4.78 is 5.53. The van der Waals surface area contributed by atoms with Crippen LogP contribution in [-0.4, -0.2) is 11.1 Å². The molecule has 0 heterocycles. The van der Waals surface area contributed by atoms with Crippen LogP contribution < -0.4 is 4.74 Å². The van der Waals surface area contributed by atoms with E-state index in [9.17, 15) is 4.79 Å². The van der Waals surface area contributed by atoms with E-state index in [-0.39, 0.29) is 12.2 Å².